The zero-order valence-electron chi connectivity index (χ0n) is 26.9. The molecule has 5 amide bonds. The molecule has 0 radical (unpaired) electrons. The number of carboxylic acid groups (broad SMARTS) is 1. The van der Waals surface area contributed by atoms with Gasteiger partial charge in [0, 0.05) is 26.2 Å². The van der Waals surface area contributed by atoms with Gasteiger partial charge in [0.25, 0.3) is 0 Å². The Hall–Kier alpha value is -3.25. The molecule has 0 atom stereocenters. The fraction of sp³-hybridized carbons (Fsp3) is 0.821. The second kappa shape index (κ2) is 15.1. The van der Waals surface area contributed by atoms with Crippen LogP contribution >= 0.6 is 0 Å². The molecule has 0 aromatic rings. The van der Waals surface area contributed by atoms with Crippen LogP contribution < -0.4 is 0 Å². The van der Waals surface area contributed by atoms with Crippen LogP contribution in [0.25, 0.3) is 0 Å². The number of unbranched alkanes of at least 4 members (excludes halogenated alkanes) is 1. The lowest BCUT2D eigenvalue weighted by atomic mass is 10.2. The van der Waals surface area contributed by atoms with Gasteiger partial charge >= 0.3 is 30.5 Å². The van der Waals surface area contributed by atoms with E-state index in [1.165, 1.54) is 4.90 Å². The van der Waals surface area contributed by atoms with Crippen LogP contribution in [0.1, 0.15) is 102 Å². The Bertz CT molecular complexity index is 880. The summed E-state index contributed by atoms with van der Waals surface area (Å²) >= 11 is 0. The smallest absolute Gasteiger partial charge is 0.419 e. The molecule has 0 bridgehead atoms. The SMILES string of the molecule is CC(C)(C)OC(=O)N(CCCCN(C(=O)O)C(=O)OC(C)(C)C)CCCN(C(=O)OC(C)(C)C)C(=O)OC(C)(C)C. The fourth-order valence-corrected chi connectivity index (χ4v) is 3.09. The van der Waals surface area contributed by atoms with Crippen molar-refractivity contribution in [3.63, 3.8) is 0 Å². The lowest BCUT2D eigenvalue weighted by Gasteiger charge is -2.30. The van der Waals surface area contributed by atoms with Gasteiger partial charge in [0.05, 0.1) is 0 Å². The number of rotatable bonds is 9. The number of imide groups is 2. The van der Waals surface area contributed by atoms with E-state index in [1.54, 1.807) is 83.1 Å². The maximum atomic E-state index is 12.9. The van der Waals surface area contributed by atoms with Gasteiger partial charge in [0.15, 0.2) is 0 Å². The quantitative estimate of drug-likeness (QED) is 0.233. The molecule has 1 N–H and O–H groups in total. The van der Waals surface area contributed by atoms with Crippen LogP contribution in [0.3, 0.4) is 0 Å². The molecule has 238 valence electrons. The fourth-order valence-electron chi connectivity index (χ4n) is 3.09. The van der Waals surface area contributed by atoms with E-state index in [1.807, 2.05) is 0 Å². The van der Waals surface area contributed by atoms with E-state index >= 15 is 0 Å². The topological polar surface area (TPSA) is 152 Å². The predicted octanol–water partition coefficient (Wildman–Crippen LogP) is 6.48. The minimum atomic E-state index is -1.44. The molecular formula is C28H51N3O10. The van der Waals surface area contributed by atoms with E-state index < -0.39 is 52.9 Å². The lowest BCUT2D eigenvalue weighted by Crippen LogP contribution is -2.45. The van der Waals surface area contributed by atoms with Crippen molar-refractivity contribution in [3.8, 4) is 0 Å². The van der Waals surface area contributed by atoms with E-state index in [0.29, 0.717) is 11.3 Å². The molecule has 0 saturated carbocycles. The molecule has 41 heavy (non-hydrogen) atoms. The Balaban J connectivity index is 5.48. The molecule has 0 spiro atoms. The Morgan fingerprint density at radius 2 is 0.756 bits per heavy atom. The van der Waals surface area contributed by atoms with Gasteiger partial charge in [-0.3, -0.25) is 0 Å². The highest BCUT2D eigenvalue weighted by molar-refractivity contribution is 5.88. The summed E-state index contributed by atoms with van der Waals surface area (Å²) in [5, 5.41) is 9.42. The number of carbonyl (C=O) groups excluding carboxylic acids is 4. The summed E-state index contributed by atoms with van der Waals surface area (Å²) in [6.45, 7) is 20.2. The van der Waals surface area contributed by atoms with Gasteiger partial charge in [-0.1, -0.05) is 0 Å². The van der Waals surface area contributed by atoms with Gasteiger partial charge in [0.2, 0.25) is 0 Å². The molecule has 0 rings (SSSR count). The first-order valence-corrected chi connectivity index (χ1v) is 13.8. The van der Waals surface area contributed by atoms with Crippen LogP contribution in [0.4, 0.5) is 24.0 Å². The van der Waals surface area contributed by atoms with Gasteiger partial charge in [-0.05, 0) is 102 Å². The van der Waals surface area contributed by atoms with Gasteiger partial charge < -0.3 is 29.0 Å². The first kappa shape index (κ1) is 37.8. The number of carbonyl (C=O) groups is 5. The summed E-state index contributed by atoms with van der Waals surface area (Å²) in [6, 6.07) is 0. The summed E-state index contributed by atoms with van der Waals surface area (Å²) in [4.78, 5) is 65.1. The summed E-state index contributed by atoms with van der Waals surface area (Å²) < 4.78 is 21.4. The van der Waals surface area contributed by atoms with Crippen molar-refractivity contribution in [1.29, 1.82) is 0 Å². The molecule has 13 heteroatoms. The largest absolute Gasteiger partial charge is 0.465 e. The Kier molecular flexibility index (Phi) is 13.9. The van der Waals surface area contributed by atoms with Crippen LogP contribution in [0.2, 0.25) is 0 Å². The molecular weight excluding hydrogens is 538 g/mol. The monoisotopic (exact) mass is 589 g/mol. The van der Waals surface area contributed by atoms with Crippen LogP contribution in [0, 0.1) is 0 Å². The molecule has 0 saturated heterocycles. The molecule has 0 aliphatic heterocycles. The Labute approximate surface area is 244 Å². The number of hydrogen-bond donors (Lipinski definition) is 1. The van der Waals surface area contributed by atoms with Crippen molar-refractivity contribution in [2.45, 2.75) is 125 Å². The standard InChI is InChI=1S/C28H51N3O10/c1-25(2,3)38-21(34)29(16-13-14-18-30(20(32)33)22(35)39-26(4,5)6)17-15-19-31(23(36)40-27(7,8)9)24(37)41-28(10,11)12/h13-19H2,1-12H3,(H,32,33). The van der Waals surface area contributed by atoms with Gasteiger partial charge in [-0.25, -0.2) is 33.8 Å². The highest BCUT2D eigenvalue weighted by Crippen LogP contribution is 2.17. The first-order valence-electron chi connectivity index (χ1n) is 13.8. The minimum absolute atomic E-state index is 0.0887. The molecule has 0 unspecified atom stereocenters. The van der Waals surface area contributed by atoms with Crippen LogP contribution in [0.15, 0.2) is 0 Å². The molecule has 0 fully saturated rings. The molecule has 0 aliphatic carbocycles. The third-order valence-electron chi connectivity index (χ3n) is 4.59. The number of hydrogen-bond acceptors (Lipinski definition) is 9. The van der Waals surface area contributed by atoms with Crippen molar-refractivity contribution in [3.05, 3.63) is 0 Å². The Morgan fingerprint density at radius 1 is 0.463 bits per heavy atom. The molecule has 0 aliphatic rings. The lowest BCUT2D eigenvalue weighted by molar-refractivity contribution is 0.000322. The highest BCUT2D eigenvalue weighted by atomic mass is 16.6. The summed E-state index contributed by atoms with van der Waals surface area (Å²) in [6.07, 6.45) is -3.97. The maximum Gasteiger partial charge on any atom is 0.419 e. The average molecular weight is 590 g/mol. The predicted molar refractivity (Wildman–Crippen MR) is 152 cm³/mol. The zero-order valence-corrected chi connectivity index (χ0v) is 26.9. The highest BCUT2D eigenvalue weighted by Gasteiger charge is 2.32. The van der Waals surface area contributed by atoms with E-state index in [4.69, 9.17) is 18.9 Å². The second-order valence-electron chi connectivity index (χ2n) is 13.6. The summed E-state index contributed by atoms with van der Waals surface area (Å²) in [7, 11) is 0. The Morgan fingerprint density at radius 3 is 1.12 bits per heavy atom. The molecule has 0 aromatic carbocycles. The zero-order chi connectivity index (χ0) is 32.4. The third kappa shape index (κ3) is 17.9. The third-order valence-corrected chi connectivity index (χ3v) is 4.59. The van der Waals surface area contributed by atoms with Crippen molar-refractivity contribution < 1.29 is 48.0 Å². The van der Waals surface area contributed by atoms with Gasteiger partial charge in [-0.2, -0.15) is 0 Å². The van der Waals surface area contributed by atoms with Crippen LogP contribution in [-0.4, -0.2) is 98.9 Å². The number of amides is 5. The molecule has 0 heterocycles. The number of ether oxygens (including phenoxy) is 4. The second-order valence-corrected chi connectivity index (χ2v) is 13.6. The summed E-state index contributed by atoms with van der Waals surface area (Å²) in [5.41, 5.74) is -3.32. The van der Waals surface area contributed by atoms with E-state index in [9.17, 15) is 29.1 Å². The summed E-state index contributed by atoms with van der Waals surface area (Å²) in [5.74, 6) is 0. The van der Waals surface area contributed by atoms with Crippen LogP contribution in [-0.2, 0) is 18.9 Å². The van der Waals surface area contributed by atoms with Gasteiger partial charge in [0.1, 0.15) is 22.4 Å². The minimum Gasteiger partial charge on any atom is -0.465 e. The normalized spacial score (nSPS) is 12.2. The van der Waals surface area contributed by atoms with E-state index in [2.05, 4.69) is 0 Å². The maximum absolute atomic E-state index is 12.9. The molecule has 13 nitrogen and oxygen atoms in total. The average Bonchev–Trinajstić information content (AvgIpc) is 2.69. The van der Waals surface area contributed by atoms with E-state index in [-0.39, 0.29) is 39.0 Å². The van der Waals surface area contributed by atoms with Crippen molar-refractivity contribution in [2.24, 2.45) is 0 Å². The van der Waals surface area contributed by atoms with Crippen molar-refractivity contribution >= 4 is 30.5 Å². The molecule has 0 aromatic heterocycles. The van der Waals surface area contributed by atoms with Crippen molar-refractivity contribution in [1.82, 2.24) is 14.7 Å². The van der Waals surface area contributed by atoms with Crippen LogP contribution in [0.5, 0.6) is 0 Å². The number of nitrogens with zero attached hydrogens (tertiary/aromatic N) is 3. The van der Waals surface area contributed by atoms with Crippen molar-refractivity contribution in [2.75, 3.05) is 26.2 Å². The van der Waals surface area contributed by atoms with Gasteiger partial charge in [-0.15, -0.1) is 0 Å². The first-order chi connectivity index (χ1) is 18.3. The van der Waals surface area contributed by atoms with E-state index in [0.717, 1.165) is 4.90 Å².